The highest BCUT2D eigenvalue weighted by Crippen LogP contribution is 2.29. The van der Waals surface area contributed by atoms with Gasteiger partial charge in [0.05, 0.1) is 5.69 Å². The number of carboxylic acid groups (broad SMARTS) is 1. The van der Waals surface area contributed by atoms with Gasteiger partial charge in [-0.25, -0.2) is 4.98 Å². The molecule has 2 N–H and O–H groups in total. The smallest absolute Gasteiger partial charge is 0.315 e. The molecule has 1 rings (SSSR count). The first-order valence-corrected chi connectivity index (χ1v) is 8.50. The van der Waals surface area contributed by atoms with Gasteiger partial charge >= 0.3 is 5.97 Å². The largest absolute Gasteiger partial charge is 0.481 e. The second-order valence-corrected chi connectivity index (χ2v) is 7.80. The Hall–Kier alpha value is -1.10. The summed E-state index contributed by atoms with van der Waals surface area (Å²) in [7, 11) is 0. The molecule has 4 nitrogen and oxygen atoms in total. The number of nitrogens with zero attached hydrogens (tertiary/aromatic N) is 1. The van der Waals surface area contributed by atoms with E-state index in [9.17, 15) is 9.90 Å². The summed E-state index contributed by atoms with van der Waals surface area (Å²) in [5.74, 6) is -0.848. The Bertz CT molecular complexity index is 467. The topological polar surface area (TPSA) is 62.2 Å². The van der Waals surface area contributed by atoms with Gasteiger partial charge in [-0.2, -0.15) is 0 Å². The van der Waals surface area contributed by atoms with Crippen molar-refractivity contribution in [3.8, 4) is 0 Å². The van der Waals surface area contributed by atoms with Crippen LogP contribution in [0.25, 0.3) is 0 Å². The average Bonchev–Trinajstić information content (AvgIpc) is 2.86. The zero-order chi connectivity index (χ0) is 16.1. The first-order valence-electron chi connectivity index (χ1n) is 7.62. The number of hydrogen-bond donors (Lipinski definition) is 2. The maximum Gasteiger partial charge on any atom is 0.315 e. The van der Waals surface area contributed by atoms with Crippen LogP contribution in [0.2, 0.25) is 0 Å². The molecule has 0 amide bonds. The van der Waals surface area contributed by atoms with Gasteiger partial charge in [0, 0.05) is 11.9 Å². The van der Waals surface area contributed by atoms with Crippen molar-refractivity contribution in [2.45, 2.75) is 65.7 Å². The monoisotopic (exact) mass is 312 g/mol. The van der Waals surface area contributed by atoms with Crippen molar-refractivity contribution < 1.29 is 9.90 Å². The van der Waals surface area contributed by atoms with E-state index in [4.69, 9.17) is 0 Å². The van der Waals surface area contributed by atoms with Gasteiger partial charge in [-0.1, -0.05) is 40.0 Å². The normalized spacial score (nSPS) is 12.4. The van der Waals surface area contributed by atoms with Crippen LogP contribution >= 0.6 is 11.3 Å². The standard InChI is InChI=1S/C16H28N2O2S/c1-6-7-8-9-15(2,3)11-17-14-18-12(10-21-14)16(4,5)13(19)20/h10H,6-9,11H2,1-5H3,(H,17,18)(H,19,20). The number of thiazole rings is 1. The van der Waals surface area contributed by atoms with Crippen LogP contribution in [-0.2, 0) is 10.2 Å². The van der Waals surface area contributed by atoms with Crippen LogP contribution in [0.3, 0.4) is 0 Å². The third kappa shape index (κ3) is 5.30. The van der Waals surface area contributed by atoms with Crippen LogP contribution in [0.4, 0.5) is 5.13 Å². The lowest BCUT2D eigenvalue weighted by molar-refractivity contribution is -0.142. The molecule has 0 aliphatic rings. The minimum Gasteiger partial charge on any atom is -0.481 e. The molecule has 0 aliphatic carbocycles. The van der Waals surface area contributed by atoms with Crippen LogP contribution in [-0.4, -0.2) is 22.6 Å². The van der Waals surface area contributed by atoms with E-state index in [1.807, 2.05) is 5.38 Å². The van der Waals surface area contributed by atoms with E-state index in [0.29, 0.717) is 5.69 Å². The van der Waals surface area contributed by atoms with E-state index in [0.717, 1.165) is 11.7 Å². The molecule has 1 heterocycles. The third-order valence-corrected chi connectivity index (χ3v) is 4.65. The van der Waals surface area contributed by atoms with E-state index in [2.05, 4.69) is 31.1 Å². The zero-order valence-corrected chi connectivity index (χ0v) is 14.6. The lowest BCUT2D eigenvalue weighted by Gasteiger charge is -2.24. The van der Waals surface area contributed by atoms with E-state index >= 15 is 0 Å². The number of rotatable bonds is 9. The fraction of sp³-hybridized carbons (Fsp3) is 0.750. The van der Waals surface area contributed by atoms with Crippen molar-refractivity contribution in [3.05, 3.63) is 11.1 Å². The zero-order valence-electron chi connectivity index (χ0n) is 13.8. The Kier molecular flexibility index (Phi) is 6.20. The number of hydrogen-bond acceptors (Lipinski definition) is 4. The second kappa shape index (κ2) is 7.25. The summed E-state index contributed by atoms with van der Waals surface area (Å²) in [5, 5.41) is 15.2. The highest BCUT2D eigenvalue weighted by molar-refractivity contribution is 7.13. The minimum absolute atomic E-state index is 0.226. The van der Waals surface area contributed by atoms with Gasteiger partial charge in [0.2, 0.25) is 0 Å². The molecule has 5 heteroatoms. The summed E-state index contributed by atoms with van der Waals surface area (Å²) in [4.78, 5) is 15.7. The van der Waals surface area contributed by atoms with Crippen LogP contribution in [0.1, 0.15) is 66.0 Å². The Labute approximate surface area is 132 Å². The van der Waals surface area contributed by atoms with Crippen LogP contribution < -0.4 is 5.32 Å². The molecule has 0 saturated heterocycles. The average molecular weight is 312 g/mol. The molecule has 0 fully saturated rings. The fourth-order valence-electron chi connectivity index (χ4n) is 2.01. The molecule has 0 aromatic carbocycles. The van der Waals surface area contributed by atoms with E-state index in [-0.39, 0.29) is 5.41 Å². The molecule has 21 heavy (non-hydrogen) atoms. The molecule has 0 atom stereocenters. The molecular weight excluding hydrogens is 284 g/mol. The van der Waals surface area contributed by atoms with Crippen molar-refractivity contribution in [1.29, 1.82) is 0 Å². The van der Waals surface area contributed by atoms with Crippen molar-refractivity contribution in [3.63, 3.8) is 0 Å². The Balaban J connectivity index is 2.57. The summed E-state index contributed by atoms with van der Waals surface area (Å²) in [5.41, 5.74) is -0.0950. The first-order chi connectivity index (χ1) is 9.69. The molecule has 0 saturated carbocycles. The van der Waals surface area contributed by atoms with Crippen molar-refractivity contribution in [2.75, 3.05) is 11.9 Å². The summed E-state index contributed by atoms with van der Waals surface area (Å²) in [6.07, 6.45) is 4.95. The third-order valence-electron chi connectivity index (χ3n) is 3.85. The first kappa shape index (κ1) is 18.0. The fourth-order valence-corrected chi connectivity index (χ4v) is 2.89. The summed E-state index contributed by atoms with van der Waals surface area (Å²) < 4.78 is 0. The predicted molar refractivity (Wildman–Crippen MR) is 89.2 cm³/mol. The van der Waals surface area contributed by atoms with Crippen molar-refractivity contribution >= 4 is 22.4 Å². The number of carbonyl (C=O) groups is 1. The van der Waals surface area contributed by atoms with Gasteiger partial charge < -0.3 is 10.4 Å². The van der Waals surface area contributed by atoms with Gasteiger partial charge in [-0.05, 0) is 25.7 Å². The maximum atomic E-state index is 11.2. The molecule has 1 aromatic rings. The van der Waals surface area contributed by atoms with Gasteiger partial charge in [-0.15, -0.1) is 11.3 Å². The number of unbranched alkanes of at least 4 members (excludes halogenated alkanes) is 2. The predicted octanol–water partition coefficient (Wildman–Crippen LogP) is 4.52. The molecular formula is C16H28N2O2S. The van der Waals surface area contributed by atoms with E-state index < -0.39 is 11.4 Å². The number of nitrogens with one attached hydrogen (secondary N) is 1. The molecule has 120 valence electrons. The lowest BCUT2D eigenvalue weighted by atomic mass is 9.87. The van der Waals surface area contributed by atoms with Crippen LogP contribution in [0.5, 0.6) is 0 Å². The van der Waals surface area contributed by atoms with E-state index in [1.165, 1.54) is 37.0 Å². The summed E-state index contributed by atoms with van der Waals surface area (Å²) in [6, 6.07) is 0. The molecule has 0 radical (unpaired) electrons. The Morgan fingerprint density at radius 2 is 2.00 bits per heavy atom. The van der Waals surface area contributed by atoms with Crippen LogP contribution in [0.15, 0.2) is 5.38 Å². The SMILES string of the molecule is CCCCCC(C)(C)CNc1nc(C(C)(C)C(=O)O)cs1. The Morgan fingerprint density at radius 3 is 2.57 bits per heavy atom. The number of carboxylic acids is 1. The summed E-state index contributed by atoms with van der Waals surface area (Å²) in [6.45, 7) is 11.0. The van der Waals surface area contributed by atoms with Gasteiger partial charge in [0.15, 0.2) is 5.13 Å². The second-order valence-electron chi connectivity index (χ2n) is 6.94. The summed E-state index contributed by atoms with van der Waals surface area (Å²) >= 11 is 1.48. The quantitative estimate of drug-likeness (QED) is 0.658. The maximum absolute atomic E-state index is 11.2. The molecule has 0 aliphatic heterocycles. The van der Waals surface area contributed by atoms with Gasteiger partial charge in [0.25, 0.3) is 0 Å². The molecule has 0 bridgehead atoms. The molecule has 1 aromatic heterocycles. The van der Waals surface area contributed by atoms with Crippen LogP contribution in [0, 0.1) is 5.41 Å². The minimum atomic E-state index is -0.937. The highest BCUT2D eigenvalue weighted by Gasteiger charge is 2.32. The van der Waals surface area contributed by atoms with Gasteiger partial charge in [0.1, 0.15) is 5.41 Å². The van der Waals surface area contributed by atoms with E-state index in [1.54, 1.807) is 13.8 Å². The molecule has 0 unspecified atom stereocenters. The highest BCUT2D eigenvalue weighted by atomic mass is 32.1. The number of anilines is 1. The molecule has 0 spiro atoms. The number of aliphatic carboxylic acids is 1. The van der Waals surface area contributed by atoms with Crippen molar-refractivity contribution in [1.82, 2.24) is 4.98 Å². The van der Waals surface area contributed by atoms with Crippen molar-refractivity contribution in [2.24, 2.45) is 5.41 Å². The lowest BCUT2D eigenvalue weighted by Crippen LogP contribution is -2.29. The number of aromatic nitrogens is 1. The van der Waals surface area contributed by atoms with Gasteiger partial charge in [-0.3, -0.25) is 4.79 Å². The Morgan fingerprint density at radius 1 is 1.33 bits per heavy atom.